The Balaban J connectivity index is 1.28. The first-order valence-corrected chi connectivity index (χ1v) is 11.1. The molecule has 1 atom stereocenters. The van der Waals surface area contributed by atoms with Gasteiger partial charge in [0.1, 0.15) is 17.6 Å². The monoisotopic (exact) mass is 449 g/mol. The number of carbonyl (C=O) groups is 1. The minimum atomic E-state index is -0.238. The molecule has 0 unspecified atom stereocenters. The van der Waals surface area contributed by atoms with E-state index in [1.807, 2.05) is 60.8 Å². The van der Waals surface area contributed by atoms with Gasteiger partial charge >= 0.3 is 0 Å². The van der Waals surface area contributed by atoms with Crippen LogP contribution in [0.25, 0.3) is 0 Å². The van der Waals surface area contributed by atoms with Crippen molar-refractivity contribution in [2.75, 3.05) is 37.6 Å². The fraction of sp³-hybridized carbons (Fsp3) is 0.292. The molecule has 8 heteroatoms. The van der Waals surface area contributed by atoms with Crippen LogP contribution in [0.15, 0.2) is 76.6 Å². The molecular weight excluding hydrogens is 426 g/mol. The number of hydrogen-bond acceptors (Lipinski definition) is 6. The van der Waals surface area contributed by atoms with Crippen molar-refractivity contribution in [3.63, 3.8) is 0 Å². The van der Waals surface area contributed by atoms with Crippen molar-refractivity contribution in [3.05, 3.63) is 83.4 Å². The maximum atomic E-state index is 13.3. The van der Waals surface area contributed by atoms with E-state index in [0.29, 0.717) is 18.0 Å². The lowest BCUT2D eigenvalue weighted by Crippen LogP contribution is -2.49. The molecule has 1 saturated heterocycles. The van der Waals surface area contributed by atoms with E-state index in [4.69, 9.17) is 21.1 Å². The summed E-state index contributed by atoms with van der Waals surface area (Å²) >= 11 is 6.03. The first-order valence-electron chi connectivity index (χ1n) is 10.7. The third-order valence-electron chi connectivity index (χ3n) is 5.92. The van der Waals surface area contributed by atoms with Crippen LogP contribution in [0.3, 0.4) is 0 Å². The van der Waals surface area contributed by atoms with Crippen molar-refractivity contribution in [1.82, 2.24) is 14.9 Å². The number of benzene rings is 1. The van der Waals surface area contributed by atoms with E-state index >= 15 is 0 Å². The number of nitrogens with zero attached hydrogens (tertiary/aromatic N) is 5. The van der Waals surface area contributed by atoms with Gasteiger partial charge in [0.05, 0.1) is 18.5 Å². The Labute approximate surface area is 191 Å². The van der Waals surface area contributed by atoms with Crippen molar-refractivity contribution >= 4 is 29.0 Å². The Morgan fingerprint density at radius 3 is 2.53 bits per heavy atom. The van der Waals surface area contributed by atoms with Gasteiger partial charge in [0.15, 0.2) is 0 Å². The minimum Gasteiger partial charge on any atom is -0.467 e. The maximum absolute atomic E-state index is 13.3. The summed E-state index contributed by atoms with van der Waals surface area (Å²) in [5, 5.41) is 6.97. The quantitative estimate of drug-likeness (QED) is 0.592. The van der Waals surface area contributed by atoms with Gasteiger partial charge in [0.2, 0.25) is 0 Å². The smallest absolute Gasteiger partial charge is 0.257 e. The number of aromatic nitrogens is 1. The van der Waals surface area contributed by atoms with Crippen LogP contribution in [0.1, 0.15) is 23.8 Å². The summed E-state index contributed by atoms with van der Waals surface area (Å²) in [7, 11) is 0. The van der Waals surface area contributed by atoms with Gasteiger partial charge < -0.3 is 9.32 Å². The molecule has 32 heavy (non-hydrogen) atoms. The molecule has 0 aliphatic carbocycles. The zero-order valence-electron chi connectivity index (χ0n) is 17.6. The Bertz CT molecular complexity index is 1080. The maximum Gasteiger partial charge on any atom is 0.257 e. The zero-order chi connectivity index (χ0) is 21.9. The molecule has 0 bridgehead atoms. The molecule has 7 nitrogen and oxygen atoms in total. The van der Waals surface area contributed by atoms with Gasteiger partial charge in [-0.3, -0.25) is 9.69 Å². The van der Waals surface area contributed by atoms with Crippen molar-refractivity contribution < 1.29 is 9.21 Å². The number of carbonyl (C=O) groups excluding carboxylic acids is 1. The number of furan rings is 1. The van der Waals surface area contributed by atoms with Gasteiger partial charge in [-0.1, -0.05) is 29.8 Å². The molecule has 1 aromatic carbocycles. The first kappa shape index (κ1) is 20.7. The molecule has 3 aromatic rings. The predicted octanol–water partition coefficient (Wildman–Crippen LogP) is 3.83. The van der Waals surface area contributed by atoms with Crippen LogP contribution in [0, 0.1) is 0 Å². The normalized spacial score (nSPS) is 19.3. The third-order valence-corrected chi connectivity index (χ3v) is 6.17. The largest absolute Gasteiger partial charge is 0.467 e. The van der Waals surface area contributed by atoms with Crippen molar-refractivity contribution in [3.8, 4) is 0 Å². The van der Waals surface area contributed by atoms with E-state index in [1.54, 1.807) is 11.3 Å². The lowest BCUT2D eigenvalue weighted by Gasteiger charge is -2.35. The van der Waals surface area contributed by atoms with Crippen molar-refractivity contribution in [2.24, 2.45) is 5.10 Å². The molecule has 2 aliphatic rings. The number of hydrazone groups is 1. The Morgan fingerprint density at radius 1 is 1.03 bits per heavy atom. The summed E-state index contributed by atoms with van der Waals surface area (Å²) in [6, 6.07) is 17.0. The molecular formula is C24H24ClN5O2. The van der Waals surface area contributed by atoms with Gasteiger partial charge in [-0.05, 0) is 42.0 Å². The summed E-state index contributed by atoms with van der Waals surface area (Å²) in [5.41, 5.74) is 1.82. The van der Waals surface area contributed by atoms with Crippen LogP contribution >= 0.6 is 11.6 Å². The average molecular weight is 450 g/mol. The molecule has 4 heterocycles. The lowest BCUT2D eigenvalue weighted by atomic mass is 10.0. The van der Waals surface area contributed by atoms with E-state index in [-0.39, 0.29) is 11.9 Å². The first-order chi connectivity index (χ1) is 15.7. The highest BCUT2D eigenvalue weighted by Crippen LogP contribution is 2.33. The molecule has 1 amide bonds. The number of pyridine rings is 1. The third kappa shape index (κ3) is 4.40. The lowest BCUT2D eigenvalue weighted by molar-refractivity contribution is -0.134. The van der Waals surface area contributed by atoms with E-state index in [1.165, 1.54) is 0 Å². The summed E-state index contributed by atoms with van der Waals surface area (Å²) in [6.45, 7) is 3.60. The van der Waals surface area contributed by atoms with E-state index in [9.17, 15) is 4.79 Å². The zero-order valence-corrected chi connectivity index (χ0v) is 18.4. The summed E-state index contributed by atoms with van der Waals surface area (Å²) in [5.74, 6) is 1.70. The van der Waals surface area contributed by atoms with Gasteiger partial charge in [-0.15, -0.1) is 0 Å². The molecule has 1 fully saturated rings. The second kappa shape index (κ2) is 9.14. The van der Waals surface area contributed by atoms with Crippen LogP contribution in [-0.2, 0) is 4.79 Å². The molecule has 2 aromatic heterocycles. The van der Waals surface area contributed by atoms with E-state index in [2.05, 4.69) is 14.8 Å². The van der Waals surface area contributed by atoms with Gasteiger partial charge in [-0.25, -0.2) is 9.99 Å². The summed E-state index contributed by atoms with van der Waals surface area (Å²) in [4.78, 5) is 22.1. The van der Waals surface area contributed by atoms with Crippen LogP contribution in [0.2, 0.25) is 5.02 Å². The number of rotatable bonds is 5. The van der Waals surface area contributed by atoms with Crippen LogP contribution < -0.4 is 4.90 Å². The average Bonchev–Trinajstić information content (AvgIpc) is 3.51. The second-order valence-corrected chi connectivity index (χ2v) is 8.41. The minimum absolute atomic E-state index is 0.0263. The highest BCUT2D eigenvalue weighted by Gasteiger charge is 2.35. The molecule has 5 rings (SSSR count). The molecule has 164 valence electrons. The number of amides is 1. The van der Waals surface area contributed by atoms with Crippen LogP contribution in [0.4, 0.5) is 5.82 Å². The molecule has 0 saturated carbocycles. The fourth-order valence-electron chi connectivity index (χ4n) is 4.20. The Hall–Kier alpha value is -3.16. The SMILES string of the molecule is O=C(CN1CCN(c2ccccn2)CC1)N1N=C(c2ccc(Cl)cc2)C[C@@H]1c1ccco1. The molecule has 0 radical (unpaired) electrons. The summed E-state index contributed by atoms with van der Waals surface area (Å²) < 4.78 is 5.64. The second-order valence-electron chi connectivity index (χ2n) is 7.98. The molecule has 2 aliphatic heterocycles. The van der Waals surface area contributed by atoms with Crippen molar-refractivity contribution in [2.45, 2.75) is 12.5 Å². The highest BCUT2D eigenvalue weighted by molar-refractivity contribution is 6.30. The molecule has 0 N–H and O–H groups in total. The van der Waals surface area contributed by atoms with Gasteiger partial charge in [0.25, 0.3) is 5.91 Å². The van der Waals surface area contributed by atoms with Crippen molar-refractivity contribution in [1.29, 1.82) is 0 Å². The molecule has 0 spiro atoms. The van der Waals surface area contributed by atoms with E-state index < -0.39 is 0 Å². The number of anilines is 1. The van der Waals surface area contributed by atoms with Crippen LogP contribution in [0.5, 0.6) is 0 Å². The summed E-state index contributed by atoms with van der Waals surface area (Å²) in [6.07, 6.45) is 4.05. The Morgan fingerprint density at radius 2 is 1.84 bits per heavy atom. The standard InChI is InChI=1S/C24H24ClN5O2/c25-19-8-6-18(7-9-19)20-16-21(22-4-3-15-32-22)30(27-20)24(31)17-28-11-13-29(14-12-28)23-5-1-2-10-26-23/h1-10,15,21H,11-14,16-17H2/t21-/m1/s1. The Kier molecular flexibility index (Phi) is 5.92. The number of piperazine rings is 1. The fourth-order valence-corrected chi connectivity index (χ4v) is 4.33. The number of halogens is 1. The topological polar surface area (TPSA) is 65.2 Å². The predicted molar refractivity (Wildman–Crippen MR) is 124 cm³/mol. The van der Waals surface area contributed by atoms with E-state index in [0.717, 1.165) is 49.0 Å². The van der Waals surface area contributed by atoms with Crippen LogP contribution in [-0.4, -0.2) is 59.2 Å². The highest BCUT2D eigenvalue weighted by atomic mass is 35.5. The number of hydrogen-bond donors (Lipinski definition) is 0. The van der Waals surface area contributed by atoms with Gasteiger partial charge in [-0.2, -0.15) is 5.10 Å². The van der Waals surface area contributed by atoms with Gasteiger partial charge in [0, 0.05) is 43.8 Å².